The molecule has 2 amide bonds. The van der Waals surface area contributed by atoms with Gasteiger partial charge in [0.05, 0.1) is 11.3 Å². The second-order valence-corrected chi connectivity index (χ2v) is 3.68. The summed E-state index contributed by atoms with van der Waals surface area (Å²) in [4.78, 5) is 12.8. The summed E-state index contributed by atoms with van der Waals surface area (Å²) in [6.07, 6.45) is -4.50. The van der Waals surface area contributed by atoms with Gasteiger partial charge in [0, 0.05) is 20.1 Å². The molecule has 3 N–H and O–H groups in total. The van der Waals surface area contributed by atoms with E-state index in [2.05, 4.69) is 5.32 Å². The van der Waals surface area contributed by atoms with E-state index >= 15 is 0 Å². The lowest BCUT2D eigenvalue weighted by atomic mass is 10.1. The van der Waals surface area contributed by atoms with Gasteiger partial charge in [-0.1, -0.05) is 12.1 Å². The third-order valence-electron chi connectivity index (χ3n) is 2.29. The Bertz CT molecular complexity index is 420. The van der Waals surface area contributed by atoms with Crippen LogP contribution in [0.15, 0.2) is 24.3 Å². The van der Waals surface area contributed by atoms with E-state index in [1.54, 1.807) is 0 Å². The Morgan fingerprint density at radius 1 is 1.39 bits per heavy atom. The lowest BCUT2D eigenvalue weighted by Gasteiger charge is -2.19. The number of alkyl halides is 3. The number of carbonyl (C=O) groups excluding carboxylic acids is 1. The van der Waals surface area contributed by atoms with Crippen LogP contribution in [0.4, 0.5) is 23.7 Å². The van der Waals surface area contributed by atoms with Gasteiger partial charge in [0.15, 0.2) is 0 Å². The number of urea groups is 1. The van der Waals surface area contributed by atoms with Crippen LogP contribution in [0, 0.1) is 0 Å². The Morgan fingerprint density at radius 2 is 2.00 bits per heavy atom. The van der Waals surface area contributed by atoms with E-state index in [4.69, 9.17) is 5.73 Å². The van der Waals surface area contributed by atoms with Crippen molar-refractivity contribution in [2.45, 2.75) is 6.18 Å². The number of rotatable bonds is 3. The van der Waals surface area contributed by atoms with E-state index in [0.717, 1.165) is 6.07 Å². The summed E-state index contributed by atoms with van der Waals surface area (Å²) in [6, 6.07) is 4.18. The first-order valence-electron chi connectivity index (χ1n) is 5.24. The molecule has 0 bridgehead atoms. The van der Waals surface area contributed by atoms with E-state index in [0.29, 0.717) is 0 Å². The number of para-hydroxylation sites is 1. The molecule has 100 valence electrons. The summed E-state index contributed by atoms with van der Waals surface area (Å²) in [5.41, 5.74) is 4.12. The van der Waals surface area contributed by atoms with Gasteiger partial charge in [-0.05, 0) is 12.1 Å². The molecule has 7 heteroatoms. The predicted octanol–water partition coefficient (Wildman–Crippen LogP) is 2.13. The van der Waals surface area contributed by atoms with E-state index in [-0.39, 0.29) is 18.8 Å². The zero-order valence-corrected chi connectivity index (χ0v) is 9.79. The van der Waals surface area contributed by atoms with Gasteiger partial charge in [-0.25, -0.2) is 4.79 Å². The van der Waals surface area contributed by atoms with Crippen molar-refractivity contribution in [3.05, 3.63) is 29.8 Å². The largest absolute Gasteiger partial charge is 0.418 e. The number of nitrogens with one attached hydrogen (secondary N) is 1. The molecule has 18 heavy (non-hydrogen) atoms. The third-order valence-corrected chi connectivity index (χ3v) is 2.29. The van der Waals surface area contributed by atoms with Crippen LogP contribution in [0.5, 0.6) is 0 Å². The lowest BCUT2D eigenvalue weighted by molar-refractivity contribution is -0.136. The first-order valence-corrected chi connectivity index (χ1v) is 5.24. The standard InChI is InChI=1S/C11H14F3N3O/c1-17(7-6-15)10(18)16-9-5-3-2-4-8(9)11(12,13)14/h2-5H,6-7,15H2,1H3,(H,16,18). The number of hydrogen-bond acceptors (Lipinski definition) is 2. The highest BCUT2D eigenvalue weighted by molar-refractivity contribution is 5.90. The van der Waals surface area contributed by atoms with Crippen LogP contribution < -0.4 is 11.1 Å². The summed E-state index contributed by atoms with van der Waals surface area (Å²) in [7, 11) is 1.46. The number of nitrogens with zero attached hydrogens (tertiary/aromatic N) is 1. The van der Waals surface area contributed by atoms with Crippen molar-refractivity contribution in [3.63, 3.8) is 0 Å². The maximum absolute atomic E-state index is 12.7. The quantitative estimate of drug-likeness (QED) is 0.875. The van der Waals surface area contributed by atoms with Crippen molar-refractivity contribution < 1.29 is 18.0 Å². The van der Waals surface area contributed by atoms with Crippen LogP contribution in [-0.2, 0) is 6.18 Å². The van der Waals surface area contributed by atoms with Gasteiger partial charge >= 0.3 is 12.2 Å². The van der Waals surface area contributed by atoms with Crippen LogP contribution in [0.25, 0.3) is 0 Å². The fraction of sp³-hybridized carbons (Fsp3) is 0.364. The van der Waals surface area contributed by atoms with E-state index in [1.807, 2.05) is 0 Å². The molecule has 1 rings (SSSR count). The molecular weight excluding hydrogens is 247 g/mol. The first kappa shape index (κ1) is 14.3. The average molecular weight is 261 g/mol. The fourth-order valence-electron chi connectivity index (χ4n) is 1.35. The SMILES string of the molecule is CN(CCN)C(=O)Nc1ccccc1C(F)(F)F. The minimum absolute atomic E-state index is 0.241. The first-order chi connectivity index (χ1) is 8.36. The number of amides is 2. The van der Waals surface area contributed by atoms with Crippen molar-refractivity contribution in [2.75, 3.05) is 25.5 Å². The number of carbonyl (C=O) groups is 1. The molecule has 4 nitrogen and oxygen atoms in total. The van der Waals surface area contributed by atoms with Crippen LogP contribution in [0.3, 0.4) is 0 Å². The van der Waals surface area contributed by atoms with Gasteiger partial charge in [0.1, 0.15) is 0 Å². The normalized spacial score (nSPS) is 11.2. The molecule has 0 unspecified atom stereocenters. The zero-order chi connectivity index (χ0) is 13.8. The molecule has 1 aromatic rings. The molecule has 0 atom stereocenters. The minimum atomic E-state index is -4.50. The minimum Gasteiger partial charge on any atom is -0.329 e. The predicted molar refractivity (Wildman–Crippen MR) is 62.1 cm³/mol. The van der Waals surface area contributed by atoms with Crippen LogP contribution >= 0.6 is 0 Å². The number of anilines is 1. The summed E-state index contributed by atoms with van der Waals surface area (Å²) >= 11 is 0. The highest BCUT2D eigenvalue weighted by atomic mass is 19.4. The molecule has 0 spiro atoms. The van der Waals surface area contributed by atoms with E-state index < -0.39 is 17.8 Å². The summed E-state index contributed by atoms with van der Waals surface area (Å²) in [5, 5.41) is 2.21. The maximum Gasteiger partial charge on any atom is 0.418 e. The van der Waals surface area contributed by atoms with Crippen molar-refractivity contribution in [1.82, 2.24) is 4.90 Å². The highest BCUT2D eigenvalue weighted by Crippen LogP contribution is 2.34. The summed E-state index contributed by atoms with van der Waals surface area (Å²) in [6.45, 7) is 0.505. The molecular formula is C11H14F3N3O. The average Bonchev–Trinajstić information content (AvgIpc) is 2.28. The maximum atomic E-state index is 12.7. The number of likely N-dealkylation sites (N-methyl/N-ethyl adjacent to an activating group) is 1. The van der Waals surface area contributed by atoms with E-state index in [1.165, 1.54) is 30.1 Å². The monoisotopic (exact) mass is 261 g/mol. The molecule has 1 aromatic carbocycles. The molecule has 0 aliphatic rings. The molecule has 0 fully saturated rings. The fourth-order valence-corrected chi connectivity index (χ4v) is 1.35. The van der Waals surface area contributed by atoms with Crippen molar-refractivity contribution in [3.8, 4) is 0 Å². The number of halogens is 3. The molecule has 0 aliphatic carbocycles. The second kappa shape index (κ2) is 5.72. The highest BCUT2D eigenvalue weighted by Gasteiger charge is 2.33. The Balaban J connectivity index is 2.88. The Hall–Kier alpha value is -1.76. The number of hydrogen-bond donors (Lipinski definition) is 2. The second-order valence-electron chi connectivity index (χ2n) is 3.68. The van der Waals surface area contributed by atoms with E-state index in [9.17, 15) is 18.0 Å². The summed E-state index contributed by atoms with van der Waals surface area (Å²) in [5.74, 6) is 0. The number of benzene rings is 1. The molecule has 0 heterocycles. The van der Waals surface area contributed by atoms with Crippen LogP contribution in [0.1, 0.15) is 5.56 Å². The smallest absolute Gasteiger partial charge is 0.329 e. The topological polar surface area (TPSA) is 58.4 Å². The molecule has 0 radical (unpaired) electrons. The van der Waals surface area contributed by atoms with Crippen molar-refractivity contribution in [1.29, 1.82) is 0 Å². The van der Waals surface area contributed by atoms with Gasteiger partial charge in [-0.2, -0.15) is 13.2 Å². The Kier molecular flexibility index (Phi) is 4.55. The summed E-state index contributed by atoms with van der Waals surface area (Å²) < 4.78 is 38.0. The van der Waals surface area contributed by atoms with Gasteiger partial charge in [0.2, 0.25) is 0 Å². The molecule has 0 aromatic heterocycles. The van der Waals surface area contributed by atoms with Crippen LogP contribution in [-0.4, -0.2) is 31.1 Å². The van der Waals surface area contributed by atoms with Gasteiger partial charge < -0.3 is 16.0 Å². The number of nitrogens with two attached hydrogens (primary N) is 1. The Morgan fingerprint density at radius 3 is 2.56 bits per heavy atom. The van der Waals surface area contributed by atoms with Crippen LogP contribution in [0.2, 0.25) is 0 Å². The van der Waals surface area contributed by atoms with Crippen molar-refractivity contribution >= 4 is 11.7 Å². The molecule has 0 saturated carbocycles. The zero-order valence-electron chi connectivity index (χ0n) is 9.79. The van der Waals surface area contributed by atoms with Gasteiger partial charge in [0.25, 0.3) is 0 Å². The van der Waals surface area contributed by atoms with Gasteiger partial charge in [-0.3, -0.25) is 0 Å². The van der Waals surface area contributed by atoms with Crippen molar-refractivity contribution in [2.24, 2.45) is 5.73 Å². The van der Waals surface area contributed by atoms with Gasteiger partial charge in [-0.15, -0.1) is 0 Å². The molecule has 0 aliphatic heterocycles. The molecule has 0 saturated heterocycles. The lowest BCUT2D eigenvalue weighted by Crippen LogP contribution is -2.35. The third kappa shape index (κ3) is 3.63. The Labute approximate surface area is 103 Å².